The quantitative estimate of drug-likeness (QED) is 0.522. The highest BCUT2D eigenvalue weighted by Crippen LogP contribution is 2.38. The number of morpholine rings is 1. The van der Waals surface area contributed by atoms with Crippen LogP contribution in [-0.4, -0.2) is 35.7 Å². The molecule has 2 nitrogen and oxygen atoms in total. The topological polar surface area (TPSA) is 12.5 Å². The first kappa shape index (κ1) is 7.56. The summed E-state index contributed by atoms with van der Waals surface area (Å²) in [6.07, 6.45) is 1.83. The molecule has 0 amide bonds. The maximum Gasteiger partial charge on any atom is 0.0748 e. The van der Waals surface area contributed by atoms with Gasteiger partial charge in [-0.1, -0.05) is 0 Å². The number of ether oxygens (including phenoxy) is 1. The van der Waals surface area contributed by atoms with Gasteiger partial charge in [-0.15, -0.1) is 0 Å². The molecule has 2 unspecified atom stereocenters. The highest BCUT2D eigenvalue weighted by Gasteiger charge is 2.48. The summed E-state index contributed by atoms with van der Waals surface area (Å²) in [5, 5.41) is 0. The van der Waals surface area contributed by atoms with Gasteiger partial charge in [0.15, 0.2) is 0 Å². The van der Waals surface area contributed by atoms with Crippen molar-refractivity contribution in [1.82, 2.24) is 4.90 Å². The van der Waals surface area contributed by atoms with Gasteiger partial charge in [-0.05, 0) is 27.2 Å². The van der Waals surface area contributed by atoms with E-state index in [4.69, 9.17) is 4.74 Å². The minimum atomic E-state index is 0.337. The number of rotatable bonds is 0. The second-order valence-electron chi connectivity index (χ2n) is 4.58. The van der Waals surface area contributed by atoms with Crippen LogP contribution in [0.5, 0.6) is 0 Å². The minimum Gasteiger partial charge on any atom is -0.375 e. The fourth-order valence-corrected chi connectivity index (χ4v) is 1.97. The second-order valence-corrected chi connectivity index (χ2v) is 4.58. The third-order valence-corrected chi connectivity index (χ3v) is 2.63. The Balaban J connectivity index is 2.03. The van der Waals surface area contributed by atoms with E-state index in [0.717, 1.165) is 19.2 Å². The van der Waals surface area contributed by atoms with E-state index < -0.39 is 0 Å². The molecule has 2 fully saturated rings. The zero-order valence-corrected chi connectivity index (χ0v) is 7.63. The maximum atomic E-state index is 5.54. The van der Waals surface area contributed by atoms with Gasteiger partial charge in [0, 0.05) is 18.1 Å². The first-order valence-electron chi connectivity index (χ1n) is 4.47. The summed E-state index contributed by atoms with van der Waals surface area (Å²) in [5.74, 6) is 0. The first-order valence-corrected chi connectivity index (χ1v) is 4.47. The van der Waals surface area contributed by atoms with E-state index in [0.29, 0.717) is 11.6 Å². The Morgan fingerprint density at radius 3 is 2.64 bits per heavy atom. The van der Waals surface area contributed by atoms with Gasteiger partial charge in [-0.3, -0.25) is 4.90 Å². The lowest BCUT2D eigenvalue weighted by Gasteiger charge is -2.38. The predicted molar refractivity (Wildman–Crippen MR) is 44.6 cm³/mol. The molecule has 0 aromatic carbocycles. The molecule has 2 rings (SSSR count). The fourth-order valence-electron chi connectivity index (χ4n) is 1.97. The molecule has 1 saturated carbocycles. The maximum absolute atomic E-state index is 5.54. The van der Waals surface area contributed by atoms with Crippen molar-refractivity contribution in [1.29, 1.82) is 0 Å². The summed E-state index contributed by atoms with van der Waals surface area (Å²) in [4.78, 5) is 2.57. The highest BCUT2D eigenvalue weighted by molar-refractivity contribution is 5.02. The Kier molecular flexibility index (Phi) is 1.52. The van der Waals surface area contributed by atoms with E-state index in [-0.39, 0.29) is 0 Å². The van der Waals surface area contributed by atoms with Crippen LogP contribution in [0.3, 0.4) is 0 Å². The van der Waals surface area contributed by atoms with Crippen molar-refractivity contribution >= 4 is 0 Å². The van der Waals surface area contributed by atoms with Gasteiger partial charge in [0.25, 0.3) is 0 Å². The Morgan fingerprint density at radius 2 is 2.09 bits per heavy atom. The SMILES string of the molecule is CC(C)(C)N1CCOC2CC21. The minimum absolute atomic E-state index is 0.337. The second kappa shape index (κ2) is 2.20. The standard InChI is InChI=1S/C9H17NO/c1-9(2,3)10-4-5-11-8-6-7(8)10/h7-8H,4-6H2,1-3H3. The molecule has 2 aliphatic rings. The highest BCUT2D eigenvalue weighted by atomic mass is 16.5. The van der Waals surface area contributed by atoms with Gasteiger partial charge >= 0.3 is 0 Å². The molecular formula is C9H17NO. The molecule has 0 radical (unpaired) electrons. The molecule has 0 aromatic heterocycles. The zero-order valence-electron chi connectivity index (χ0n) is 7.63. The third-order valence-electron chi connectivity index (χ3n) is 2.63. The Morgan fingerprint density at radius 1 is 1.36 bits per heavy atom. The summed E-state index contributed by atoms with van der Waals surface area (Å²) in [6, 6.07) is 0.740. The number of nitrogens with zero attached hydrogens (tertiary/aromatic N) is 1. The lowest BCUT2D eigenvalue weighted by Crippen LogP contribution is -2.48. The molecule has 0 N–H and O–H groups in total. The molecule has 0 bridgehead atoms. The van der Waals surface area contributed by atoms with Crippen LogP contribution in [0.1, 0.15) is 27.2 Å². The smallest absolute Gasteiger partial charge is 0.0748 e. The molecule has 1 aliphatic carbocycles. The summed E-state index contributed by atoms with van der Waals surface area (Å²) < 4.78 is 5.54. The molecule has 64 valence electrons. The lowest BCUT2D eigenvalue weighted by atomic mass is 10.1. The monoisotopic (exact) mass is 155 g/mol. The molecule has 2 atom stereocenters. The van der Waals surface area contributed by atoms with Crippen LogP contribution in [0.25, 0.3) is 0 Å². The van der Waals surface area contributed by atoms with Crippen molar-refractivity contribution in [3.63, 3.8) is 0 Å². The van der Waals surface area contributed by atoms with E-state index in [1.807, 2.05) is 0 Å². The molecule has 11 heavy (non-hydrogen) atoms. The van der Waals surface area contributed by atoms with Gasteiger partial charge in [0.2, 0.25) is 0 Å². The summed E-state index contributed by atoms with van der Waals surface area (Å²) >= 11 is 0. The summed E-state index contributed by atoms with van der Waals surface area (Å²) in [7, 11) is 0. The van der Waals surface area contributed by atoms with Crippen molar-refractivity contribution in [3.8, 4) is 0 Å². The van der Waals surface area contributed by atoms with Crippen molar-refractivity contribution in [2.24, 2.45) is 0 Å². The Hall–Kier alpha value is -0.0800. The Bertz CT molecular complexity index is 161. The van der Waals surface area contributed by atoms with Gasteiger partial charge in [-0.2, -0.15) is 0 Å². The largest absolute Gasteiger partial charge is 0.375 e. The van der Waals surface area contributed by atoms with Crippen LogP contribution in [0, 0.1) is 0 Å². The van der Waals surface area contributed by atoms with Crippen molar-refractivity contribution in [2.75, 3.05) is 13.2 Å². The molecular weight excluding hydrogens is 138 g/mol. The van der Waals surface area contributed by atoms with E-state index >= 15 is 0 Å². The van der Waals surface area contributed by atoms with Gasteiger partial charge in [0.1, 0.15) is 0 Å². The third kappa shape index (κ3) is 1.30. The Labute approximate surface area is 68.5 Å². The van der Waals surface area contributed by atoms with Crippen LogP contribution < -0.4 is 0 Å². The van der Waals surface area contributed by atoms with E-state index in [1.54, 1.807) is 0 Å². The lowest BCUT2D eigenvalue weighted by molar-refractivity contribution is -0.00798. The first-order chi connectivity index (χ1) is 5.09. The van der Waals surface area contributed by atoms with E-state index in [2.05, 4.69) is 25.7 Å². The van der Waals surface area contributed by atoms with Crippen molar-refractivity contribution in [3.05, 3.63) is 0 Å². The molecule has 2 heteroatoms. The van der Waals surface area contributed by atoms with Gasteiger partial charge in [0.05, 0.1) is 12.7 Å². The fraction of sp³-hybridized carbons (Fsp3) is 1.00. The van der Waals surface area contributed by atoms with Gasteiger partial charge in [-0.25, -0.2) is 0 Å². The number of hydrogen-bond donors (Lipinski definition) is 0. The van der Waals surface area contributed by atoms with E-state index in [9.17, 15) is 0 Å². The van der Waals surface area contributed by atoms with Crippen molar-refractivity contribution in [2.45, 2.75) is 44.9 Å². The average molecular weight is 155 g/mol. The molecule has 1 heterocycles. The van der Waals surface area contributed by atoms with Crippen molar-refractivity contribution < 1.29 is 4.74 Å². The summed E-state index contributed by atoms with van der Waals surface area (Å²) in [6.45, 7) is 8.90. The zero-order chi connectivity index (χ0) is 8.06. The van der Waals surface area contributed by atoms with Crippen LogP contribution in [-0.2, 0) is 4.74 Å². The molecule has 0 spiro atoms. The molecule has 1 aliphatic heterocycles. The van der Waals surface area contributed by atoms with Crippen LogP contribution >= 0.6 is 0 Å². The van der Waals surface area contributed by atoms with Crippen LogP contribution in [0.4, 0.5) is 0 Å². The van der Waals surface area contributed by atoms with E-state index in [1.165, 1.54) is 6.42 Å². The predicted octanol–water partition coefficient (Wildman–Crippen LogP) is 1.26. The number of fused-ring (bicyclic) bond motifs is 1. The average Bonchev–Trinajstić information content (AvgIpc) is 2.60. The number of hydrogen-bond acceptors (Lipinski definition) is 2. The van der Waals surface area contributed by atoms with Gasteiger partial charge < -0.3 is 4.74 Å². The normalized spacial score (nSPS) is 38.5. The molecule has 1 saturated heterocycles. The van der Waals surface area contributed by atoms with Crippen LogP contribution in [0.2, 0.25) is 0 Å². The van der Waals surface area contributed by atoms with Crippen LogP contribution in [0.15, 0.2) is 0 Å². The summed E-state index contributed by atoms with van der Waals surface area (Å²) in [5.41, 5.74) is 0.337. The molecule has 0 aromatic rings.